The maximum atomic E-state index is 9.02. The van der Waals surface area contributed by atoms with E-state index in [-0.39, 0.29) is 6.61 Å². The number of nitrogens with zero attached hydrogens (tertiary/aromatic N) is 1. The Hall–Kier alpha value is -0.900. The van der Waals surface area contributed by atoms with Crippen molar-refractivity contribution in [3.63, 3.8) is 0 Å². The molecule has 1 aromatic carbocycles. The zero-order valence-corrected chi connectivity index (χ0v) is 12.1. The summed E-state index contributed by atoms with van der Waals surface area (Å²) < 4.78 is 0. The first-order valence-corrected chi connectivity index (χ1v) is 7.29. The van der Waals surface area contributed by atoms with E-state index in [1.54, 1.807) is 0 Å². The van der Waals surface area contributed by atoms with E-state index in [1.165, 1.54) is 31.5 Å². The molecule has 2 rings (SSSR count). The second-order valence-electron chi connectivity index (χ2n) is 5.78. The van der Waals surface area contributed by atoms with Crippen LogP contribution in [0.25, 0.3) is 0 Å². The lowest BCUT2D eigenvalue weighted by Crippen LogP contribution is -2.40. The molecule has 0 aromatic heterocycles. The zero-order chi connectivity index (χ0) is 13.7. The SMILES string of the molecule is CC(NCc1ccc(CO)cc1)C1CCN(C)CC1. The van der Waals surface area contributed by atoms with Crippen LogP contribution in [0.1, 0.15) is 30.9 Å². The van der Waals surface area contributed by atoms with Crippen LogP contribution in [0, 0.1) is 5.92 Å². The molecule has 0 bridgehead atoms. The molecule has 19 heavy (non-hydrogen) atoms. The van der Waals surface area contributed by atoms with Crippen molar-refractivity contribution < 1.29 is 5.11 Å². The molecule has 1 saturated heterocycles. The fourth-order valence-corrected chi connectivity index (χ4v) is 2.74. The number of hydrogen-bond donors (Lipinski definition) is 2. The maximum absolute atomic E-state index is 9.02. The van der Waals surface area contributed by atoms with E-state index in [4.69, 9.17) is 5.11 Å². The zero-order valence-electron chi connectivity index (χ0n) is 12.1. The number of benzene rings is 1. The summed E-state index contributed by atoms with van der Waals surface area (Å²) in [6, 6.07) is 8.76. The summed E-state index contributed by atoms with van der Waals surface area (Å²) in [4.78, 5) is 2.41. The largest absolute Gasteiger partial charge is 0.392 e. The van der Waals surface area contributed by atoms with Crippen LogP contribution in [-0.4, -0.2) is 36.2 Å². The van der Waals surface area contributed by atoms with Gasteiger partial charge in [-0.25, -0.2) is 0 Å². The van der Waals surface area contributed by atoms with Crippen LogP contribution in [0.5, 0.6) is 0 Å². The Kier molecular flexibility index (Phi) is 5.37. The van der Waals surface area contributed by atoms with Crippen LogP contribution in [0.4, 0.5) is 0 Å². The van der Waals surface area contributed by atoms with Crippen molar-refractivity contribution in [2.45, 2.75) is 39.0 Å². The molecule has 0 aliphatic carbocycles. The van der Waals surface area contributed by atoms with Crippen LogP contribution < -0.4 is 5.32 Å². The molecule has 1 aliphatic heterocycles. The van der Waals surface area contributed by atoms with Crippen molar-refractivity contribution >= 4 is 0 Å². The van der Waals surface area contributed by atoms with Crippen molar-refractivity contribution in [1.29, 1.82) is 0 Å². The van der Waals surface area contributed by atoms with Gasteiger partial charge in [0.2, 0.25) is 0 Å². The van der Waals surface area contributed by atoms with E-state index < -0.39 is 0 Å². The van der Waals surface area contributed by atoms with Crippen LogP contribution in [-0.2, 0) is 13.2 Å². The monoisotopic (exact) mass is 262 g/mol. The van der Waals surface area contributed by atoms with Gasteiger partial charge in [0.1, 0.15) is 0 Å². The first-order valence-electron chi connectivity index (χ1n) is 7.29. The normalized spacial score (nSPS) is 19.5. The smallest absolute Gasteiger partial charge is 0.0681 e. The summed E-state index contributed by atoms with van der Waals surface area (Å²) in [5.41, 5.74) is 2.27. The fourth-order valence-electron chi connectivity index (χ4n) is 2.74. The van der Waals surface area contributed by atoms with Crippen molar-refractivity contribution in [2.24, 2.45) is 5.92 Å². The molecule has 1 unspecified atom stereocenters. The summed E-state index contributed by atoms with van der Waals surface area (Å²) in [5.74, 6) is 0.799. The molecule has 1 heterocycles. The van der Waals surface area contributed by atoms with Gasteiger partial charge in [-0.1, -0.05) is 24.3 Å². The highest BCUT2D eigenvalue weighted by Gasteiger charge is 2.21. The van der Waals surface area contributed by atoms with Crippen molar-refractivity contribution in [3.05, 3.63) is 35.4 Å². The highest BCUT2D eigenvalue weighted by molar-refractivity contribution is 5.21. The van der Waals surface area contributed by atoms with Gasteiger partial charge in [0.25, 0.3) is 0 Å². The lowest BCUT2D eigenvalue weighted by molar-refractivity contribution is 0.189. The quantitative estimate of drug-likeness (QED) is 0.852. The van der Waals surface area contributed by atoms with Crippen molar-refractivity contribution in [2.75, 3.05) is 20.1 Å². The first-order chi connectivity index (χ1) is 9.19. The first kappa shape index (κ1) is 14.5. The van der Waals surface area contributed by atoms with Crippen LogP contribution in [0.3, 0.4) is 0 Å². The molecule has 3 nitrogen and oxygen atoms in total. The Morgan fingerprint density at radius 2 is 1.79 bits per heavy atom. The molecular weight excluding hydrogens is 236 g/mol. The minimum absolute atomic E-state index is 0.125. The van der Waals surface area contributed by atoms with Gasteiger partial charge in [0.05, 0.1) is 6.61 Å². The highest BCUT2D eigenvalue weighted by Crippen LogP contribution is 2.19. The summed E-state index contributed by atoms with van der Waals surface area (Å²) in [6.07, 6.45) is 2.60. The van der Waals surface area contributed by atoms with Crippen molar-refractivity contribution in [3.8, 4) is 0 Å². The summed E-state index contributed by atoms with van der Waals surface area (Å²) in [7, 11) is 2.21. The molecule has 0 saturated carbocycles. The van der Waals surface area contributed by atoms with E-state index in [0.29, 0.717) is 6.04 Å². The third kappa shape index (κ3) is 4.30. The Morgan fingerprint density at radius 3 is 2.37 bits per heavy atom. The molecule has 0 spiro atoms. The Balaban J connectivity index is 1.77. The van der Waals surface area contributed by atoms with Gasteiger partial charge in [0.15, 0.2) is 0 Å². The van der Waals surface area contributed by atoms with Gasteiger partial charge in [-0.15, -0.1) is 0 Å². The standard InChI is InChI=1S/C16H26N2O/c1-13(16-7-9-18(2)10-8-16)17-11-14-3-5-15(12-19)6-4-14/h3-6,13,16-17,19H,7-12H2,1-2H3. The predicted octanol–water partition coefficient (Wildman–Crippen LogP) is 2.00. The average Bonchev–Trinajstić information content (AvgIpc) is 2.46. The number of hydrogen-bond acceptors (Lipinski definition) is 3. The summed E-state index contributed by atoms with van der Waals surface area (Å²) in [5, 5.41) is 12.7. The van der Waals surface area contributed by atoms with Gasteiger partial charge in [0, 0.05) is 12.6 Å². The van der Waals surface area contributed by atoms with Gasteiger partial charge in [-0.3, -0.25) is 0 Å². The van der Waals surface area contributed by atoms with E-state index in [2.05, 4.69) is 36.3 Å². The van der Waals surface area contributed by atoms with Gasteiger partial charge in [-0.05, 0) is 56.9 Å². The van der Waals surface area contributed by atoms with Gasteiger partial charge >= 0.3 is 0 Å². The molecule has 1 aromatic rings. The van der Waals surface area contributed by atoms with Crippen LogP contribution in [0.15, 0.2) is 24.3 Å². The van der Waals surface area contributed by atoms with E-state index in [9.17, 15) is 0 Å². The Bertz CT molecular complexity index is 369. The number of rotatable bonds is 5. The second-order valence-corrected chi connectivity index (χ2v) is 5.78. The second kappa shape index (κ2) is 7.04. The molecule has 1 aliphatic rings. The Morgan fingerprint density at radius 1 is 1.21 bits per heavy atom. The molecule has 0 radical (unpaired) electrons. The molecule has 1 fully saturated rings. The van der Waals surface area contributed by atoms with Crippen molar-refractivity contribution in [1.82, 2.24) is 10.2 Å². The molecular formula is C16H26N2O. The third-order valence-electron chi connectivity index (χ3n) is 4.30. The number of aliphatic hydroxyl groups is 1. The fraction of sp³-hybridized carbons (Fsp3) is 0.625. The Labute approximate surface area is 116 Å². The van der Waals surface area contributed by atoms with E-state index in [1.807, 2.05) is 12.1 Å². The lowest BCUT2D eigenvalue weighted by Gasteiger charge is -2.33. The predicted molar refractivity (Wildman–Crippen MR) is 78.9 cm³/mol. The number of piperidine rings is 1. The minimum atomic E-state index is 0.125. The maximum Gasteiger partial charge on any atom is 0.0681 e. The lowest BCUT2D eigenvalue weighted by atomic mass is 9.90. The third-order valence-corrected chi connectivity index (χ3v) is 4.30. The average molecular weight is 262 g/mol. The molecule has 3 heteroatoms. The van der Waals surface area contributed by atoms with Gasteiger partial charge in [-0.2, -0.15) is 0 Å². The number of aliphatic hydroxyl groups excluding tert-OH is 1. The molecule has 0 amide bonds. The number of likely N-dealkylation sites (tertiary alicyclic amines) is 1. The van der Waals surface area contributed by atoms with E-state index in [0.717, 1.165) is 18.0 Å². The van der Waals surface area contributed by atoms with E-state index >= 15 is 0 Å². The number of nitrogens with one attached hydrogen (secondary N) is 1. The van der Waals surface area contributed by atoms with Crippen LogP contribution in [0.2, 0.25) is 0 Å². The minimum Gasteiger partial charge on any atom is -0.392 e. The highest BCUT2D eigenvalue weighted by atomic mass is 16.3. The van der Waals surface area contributed by atoms with Gasteiger partial charge < -0.3 is 15.3 Å². The summed E-state index contributed by atoms with van der Waals surface area (Å²) >= 11 is 0. The summed E-state index contributed by atoms with van der Waals surface area (Å²) in [6.45, 7) is 5.79. The molecule has 1 atom stereocenters. The topological polar surface area (TPSA) is 35.5 Å². The molecule has 2 N–H and O–H groups in total. The van der Waals surface area contributed by atoms with Crippen LogP contribution >= 0.6 is 0 Å². The molecule has 106 valence electrons.